The molecule has 0 bridgehead atoms. The van der Waals surface area contributed by atoms with E-state index in [4.69, 9.17) is 22.1 Å². The Morgan fingerprint density at radius 1 is 1.33 bits per heavy atom. The van der Waals surface area contributed by atoms with Gasteiger partial charge in [-0.15, -0.1) is 0 Å². The molecule has 7 nitrogen and oxygen atoms in total. The first-order valence-electron chi connectivity index (χ1n) is 8.84. The van der Waals surface area contributed by atoms with Gasteiger partial charge in [0.2, 0.25) is 0 Å². The Labute approximate surface area is 194 Å². The molecule has 156 valence electrons. The van der Waals surface area contributed by atoms with Crippen molar-refractivity contribution in [3.8, 4) is 5.75 Å². The summed E-state index contributed by atoms with van der Waals surface area (Å²) in [5.74, 6) is 0.159. The number of primary amides is 1. The smallest absolute Gasteiger partial charge is 0.282 e. The Morgan fingerprint density at radius 3 is 2.73 bits per heavy atom. The highest BCUT2D eigenvalue weighted by atomic mass is 79.9. The second-order valence-corrected chi connectivity index (χ2v) is 8.92. The summed E-state index contributed by atoms with van der Waals surface area (Å²) in [6, 6.07) is 8.55. The van der Waals surface area contributed by atoms with Gasteiger partial charge < -0.3 is 10.5 Å². The number of nitrogens with zero attached hydrogens (tertiary/aromatic N) is 3. The van der Waals surface area contributed by atoms with E-state index in [9.17, 15) is 9.59 Å². The van der Waals surface area contributed by atoms with Crippen molar-refractivity contribution in [1.29, 1.82) is 0 Å². The van der Waals surface area contributed by atoms with Crippen molar-refractivity contribution in [3.05, 3.63) is 66.0 Å². The van der Waals surface area contributed by atoms with Crippen LogP contribution in [0.4, 0.5) is 0 Å². The third-order valence-electron chi connectivity index (χ3n) is 4.06. The predicted octanol–water partition coefficient (Wildman–Crippen LogP) is 4.44. The van der Waals surface area contributed by atoms with Gasteiger partial charge >= 0.3 is 0 Å². The van der Waals surface area contributed by atoms with Crippen LogP contribution in [0, 0.1) is 0 Å². The van der Waals surface area contributed by atoms with E-state index in [1.54, 1.807) is 24.3 Å². The minimum absolute atomic E-state index is 0.0559. The molecule has 0 radical (unpaired) electrons. The van der Waals surface area contributed by atoms with E-state index in [0.29, 0.717) is 37.5 Å². The van der Waals surface area contributed by atoms with Gasteiger partial charge in [-0.3, -0.25) is 9.59 Å². The zero-order chi connectivity index (χ0) is 22.0. The fraction of sp³-hybridized carbons (Fsp3) is 0.200. The Kier molecular flexibility index (Phi) is 6.95. The van der Waals surface area contributed by atoms with Crippen molar-refractivity contribution in [2.45, 2.75) is 19.8 Å². The number of nitrogens with two attached hydrogens (primary N) is 1. The number of benzene rings is 2. The standard InChI is InChI=1S/C20H17Br2ClN4O3/c1-10(2)19-26-16-4-3-12(21)6-14(16)20(29)27(19)25-8-11-5-13(23)7-15(22)18(11)30-9-17(24)28/h3-8,10H,9H2,1-2H3,(H2,24,28). The van der Waals surface area contributed by atoms with Gasteiger partial charge in [-0.25, -0.2) is 4.98 Å². The van der Waals surface area contributed by atoms with Crippen molar-refractivity contribution < 1.29 is 9.53 Å². The van der Waals surface area contributed by atoms with Crippen LogP contribution < -0.4 is 16.0 Å². The fourth-order valence-corrected chi connectivity index (χ4v) is 4.05. The minimum Gasteiger partial charge on any atom is -0.482 e. The van der Waals surface area contributed by atoms with E-state index < -0.39 is 5.91 Å². The molecule has 0 fully saturated rings. The minimum atomic E-state index is -0.623. The molecular weight excluding hydrogens is 540 g/mol. The Hall–Kier alpha value is -2.23. The Morgan fingerprint density at radius 2 is 2.07 bits per heavy atom. The number of hydrogen-bond donors (Lipinski definition) is 1. The van der Waals surface area contributed by atoms with Crippen molar-refractivity contribution in [2.24, 2.45) is 10.8 Å². The normalized spacial score (nSPS) is 11.5. The van der Waals surface area contributed by atoms with Gasteiger partial charge in [0.05, 0.1) is 21.6 Å². The first-order chi connectivity index (χ1) is 14.2. The van der Waals surface area contributed by atoms with Gasteiger partial charge in [0, 0.05) is 21.0 Å². The molecule has 30 heavy (non-hydrogen) atoms. The first-order valence-corrected chi connectivity index (χ1v) is 10.8. The van der Waals surface area contributed by atoms with E-state index in [-0.39, 0.29) is 18.1 Å². The summed E-state index contributed by atoms with van der Waals surface area (Å²) >= 11 is 12.9. The first kappa shape index (κ1) is 22.5. The van der Waals surface area contributed by atoms with Gasteiger partial charge in [0.15, 0.2) is 6.61 Å². The van der Waals surface area contributed by atoms with Gasteiger partial charge in [0.1, 0.15) is 11.6 Å². The summed E-state index contributed by atoms with van der Waals surface area (Å²) in [4.78, 5) is 28.9. The molecule has 1 amide bonds. The summed E-state index contributed by atoms with van der Waals surface area (Å²) in [5.41, 5.74) is 5.93. The zero-order valence-corrected chi connectivity index (χ0v) is 20.0. The maximum Gasteiger partial charge on any atom is 0.282 e. The molecule has 2 N–H and O–H groups in total. The molecule has 0 atom stereocenters. The molecule has 3 rings (SSSR count). The maximum atomic E-state index is 13.1. The molecule has 0 unspecified atom stereocenters. The number of ether oxygens (including phenoxy) is 1. The van der Waals surface area contributed by atoms with E-state index in [0.717, 1.165) is 4.47 Å². The molecule has 0 aliphatic rings. The van der Waals surface area contributed by atoms with Crippen LogP contribution in [0.2, 0.25) is 5.02 Å². The lowest BCUT2D eigenvalue weighted by atomic mass is 10.2. The van der Waals surface area contributed by atoms with Crippen LogP contribution in [0.5, 0.6) is 5.75 Å². The second kappa shape index (κ2) is 9.28. The van der Waals surface area contributed by atoms with Crippen LogP contribution in [-0.2, 0) is 4.79 Å². The average Bonchev–Trinajstić information content (AvgIpc) is 2.66. The number of carbonyl (C=O) groups is 1. The molecule has 1 aromatic heterocycles. The number of carbonyl (C=O) groups excluding carboxylic acids is 1. The van der Waals surface area contributed by atoms with Crippen LogP contribution in [-0.4, -0.2) is 28.4 Å². The number of fused-ring (bicyclic) bond motifs is 1. The van der Waals surface area contributed by atoms with E-state index >= 15 is 0 Å². The highest BCUT2D eigenvalue weighted by Gasteiger charge is 2.15. The largest absolute Gasteiger partial charge is 0.482 e. The molecule has 1 heterocycles. The lowest BCUT2D eigenvalue weighted by molar-refractivity contribution is -0.119. The van der Waals surface area contributed by atoms with Crippen molar-refractivity contribution in [2.75, 3.05) is 6.61 Å². The number of halogens is 3. The number of rotatable bonds is 6. The molecule has 0 aliphatic carbocycles. The molecular formula is C20H17Br2ClN4O3. The zero-order valence-electron chi connectivity index (χ0n) is 16.0. The number of aromatic nitrogens is 2. The van der Waals surface area contributed by atoms with Crippen molar-refractivity contribution in [1.82, 2.24) is 9.66 Å². The summed E-state index contributed by atoms with van der Waals surface area (Å²) < 4.78 is 8.03. The van der Waals surface area contributed by atoms with Crippen LogP contribution in [0.1, 0.15) is 31.2 Å². The third kappa shape index (κ3) is 4.91. The maximum absolute atomic E-state index is 13.1. The lowest BCUT2D eigenvalue weighted by Gasteiger charge is -2.13. The quantitative estimate of drug-likeness (QED) is 0.454. The van der Waals surface area contributed by atoms with Gasteiger partial charge in [-0.2, -0.15) is 9.78 Å². The molecule has 2 aromatic carbocycles. The SMILES string of the molecule is CC(C)c1nc2ccc(Br)cc2c(=O)n1N=Cc1cc(Cl)cc(Br)c1OCC(N)=O. The second-order valence-electron chi connectivity index (χ2n) is 6.71. The molecule has 0 saturated heterocycles. The molecule has 10 heteroatoms. The molecule has 0 aliphatic heterocycles. The van der Waals surface area contributed by atoms with Crippen molar-refractivity contribution >= 4 is 66.5 Å². The predicted molar refractivity (Wildman–Crippen MR) is 125 cm³/mol. The van der Waals surface area contributed by atoms with E-state index in [2.05, 4.69) is 41.9 Å². The summed E-state index contributed by atoms with van der Waals surface area (Å²) in [7, 11) is 0. The Bertz CT molecular complexity index is 1220. The molecule has 0 saturated carbocycles. The third-order valence-corrected chi connectivity index (χ3v) is 5.36. The molecule has 0 spiro atoms. The van der Waals surface area contributed by atoms with Crippen molar-refractivity contribution in [3.63, 3.8) is 0 Å². The van der Waals surface area contributed by atoms with Crippen LogP contribution in [0.3, 0.4) is 0 Å². The van der Waals surface area contributed by atoms with Crippen LogP contribution in [0.25, 0.3) is 10.9 Å². The number of hydrogen-bond acceptors (Lipinski definition) is 5. The molecule has 3 aromatic rings. The lowest BCUT2D eigenvalue weighted by Crippen LogP contribution is -2.23. The Balaban J connectivity index is 2.16. The van der Waals surface area contributed by atoms with Gasteiger partial charge in [-0.05, 0) is 46.3 Å². The van der Waals surface area contributed by atoms with E-state index in [1.807, 2.05) is 19.9 Å². The summed E-state index contributed by atoms with van der Waals surface area (Å²) in [5, 5.41) is 5.23. The summed E-state index contributed by atoms with van der Waals surface area (Å²) in [6.45, 7) is 3.54. The highest BCUT2D eigenvalue weighted by Crippen LogP contribution is 2.32. The fourth-order valence-electron chi connectivity index (χ4n) is 2.74. The van der Waals surface area contributed by atoms with E-state index in [1.165, 1.54) is 10.9 Å². The van der Waals surface area contributed by atoms with Gasteiger partial charge in [-0.1, -0.05) is 41.4 Å². The topological polar surface area (TPSA) is 99.6 Å². The highest BCUT2D eigenvalue weighted by molar-refractivity contribution is 9.10. The number of amides is 1. The van der Waals surface area contributed by atoms with Crippen LogP contribution in [0.15, 0.2) is 49.2 Å². The monoisotopic (exact) mass is 554 g/mol. The van der Waals surface area contributed by atoms with Crippen LogP contribution >= 0.6 is 43.5 Å². The average molecular weight is 557 g/mol. The van der Waals surface area contributed by atoms with Gasteiger partial charge in [0.25, 0.3) is 11.5 Å². The summed E-state index contributed by atoms with van der Waals surface area (Å²) in [6.07, 6.45) is 1.44.